The number of nitrogens with one attached hydrogen (secondary N) is 3. The van der Waals surface area contributed by atoms with Gasteiger partial charge < -0.3 is 20.4 Å². The van der Waals surface area contributed by atoms with Gasteiger partial charge in [0.05, 0.1) is 17.8 Å². The normalized spacial score (nSPS) is 14.1. The van der Waals surface area contributed by atoms with Crippen LogP contribution in [0.25, 0.3) is 10.9 Å². The summed E-state index contributed by atoms with van der Waals surface area (Å²) in [7, 11) is 0. The van der Waals surface area contributed by atoms with Crippen LogP contribution < -0.4 is 20.9 Å². The van der Waals surface area contributed by atoms with Gasteiger partial charge in [-0.25, -0.2) is 9.78 Å². The highest BCUT2D eigenvalue weighted by Gasteiger charge is 2.33. The highest BCUT2D eigenvalue weighted by atomic mass is 19.4. The molecule has 32 heavy (non-hydrogen) atoms. The van der Waals surface area contributed by atoms with Crippen molar-refractivity contribution in [1.82, 2.24) is 15.3 Å². The zero-order valence-electron chi connectivity index (χ0n) is 17.0. The van der Waals surface area contributed by atoms with E-state index in [1.54, 1.807) is 24.3 Å². The summed E-state index contributed by atoms with van der Waals surface area (Å²) in [5.74, 6) is 0.183. The minimum Gasteiger partial charge on any atom is -0.477 e. The van der Waals surface area contributed by atoms with E-state index in [4.69, 9.17) is 4.74 Å². The molecule has 4 rings (SSSR count). The number of rotatable bonds is 6. The van der Waals surface area contributed by atoms with E-state index in [0.717, 1.165) is 25.3 Å². The average Bonchev–Trinajstić information content (AvgIpc) is 2.71. The Bertz CT molecular complexity index is 1190. The maximum atomic E-state index is 13.1. The van der Waals surface area contributed by atoms with Crippen LogP contribution in [-0.2, 0) is 12.7 Å². The van der Waals surface area contributed by atoms with Crippen molar-refractivity contribution in [2.24, 2.45) is 5.92 Å². The van der Waals surface area contributed by atoms with E-state index in [0.29, 0.717) is 34.7 Å². The standard InChI is InChI=1S/C22H21F3N4O3/c23-22(24,25)18-9-7-14(20(29-18)32-12-13-3-1-4-13)11-26-21(31)28-17-6-2-5-16-15(17)8-10-19(30)27-16/h2,5-10,13H,1,3-4,11-12H2,(H,27,30)(H2,26,28,31). The maximum absolute atomic E-state index is 13.1. The molecule has 1 saturated carbocycles. The summed E-state index contributed by atoms with van der Waals surface area (Å²) < 4.78 is 44.8. The van der Waals surface area contributed by atoms with E-state index < -0.39 is 17.9 Å². The first-order valence-corrected chi connectivity index (χ1v) is 10.2. The van der Waals surface area contributed by atoms with Gasteiger partial charge in [0.15, 0.2) is 0 Å². The van der Waals surface area contributed by atoms with Crippen molar-refractivity contribution in [3.8, 4) is 5.88 Å². The molecule has 0 bridgehead atoms. The molecule has 1 aliphatic rings. The Morgan fingerprint density at radius 2 is 1.97 bits per heavy atom. The number of aromatic amines is 1. The lowest BCUT2D eigenvalue weighted by molar-refractivity contribution is -0.141. The first kappa shape index (κ1) is 21.7. The van der Waals surface area contributed by atoms with Crippen molar-refractivity contribution in [2.45, 2.75) is 32.0 Å². The number of aromatic nitrogens is 2. The molecule has 168 valence electrons. The van der Waals surface area contributed by atoms with Gasteiger partial charge in [0.25, 0.3) is 0 Å². The number of hydrogen-bond acceptors (Lipinski definition) is 4. The minimum absolute atomic E-state index is 0.0709. The topological polar surface area (TPSA) is 96.1 Å². The fourth-order valence-electron chi connectivity index (χ4n) is 3.38. The lowest BCUT2D eigenvalue weighted by atomic mass is 9.86. The quantitative estimate of drug-likeness (QED) is 0.522. The summed E-state index contributed by atoms with van der Waals surface area (Å²) in [4.78, 5) is 30.2. The smallest absolute Gasteiger partial charge is 0.433 e. The molecule has 1 fully saturated rings. The molecule has 3 N–H and O–H groups in total. The molecule has 2 heterocycles. The zero-order valence-corrected chi connectivity index (χ0v) is 17.0. The third-order valence-corrected chi connectivity index (χ3v) is 5.36. The van der Waals surface area contributed by atoms with Gasteiger partial charge in [-0.2, -0.15) is 13.2 Å². The molecule has 0 unspecified atom stereocenters. The number of nitrogens with zero attached hydrogens (tertiary/aromatic N) is 1. The second-order valence-corrected chi connectivity index (χ2v) is 7.66. The van der Waals surface area contributed by atoms with Gasteiger partial charge in [0, 0.05) is 23.6 Å². The second kappa shape index (κ2) is 8.89. The van der Waals surface area contributed by atoms with Gasteiger partial charge in [-0.1, -0.05) is 12.5 Å². The van der Waals surface area contributed by atoms with Crippen molar-refractivity contribution < 1.29 is 22.7 Å². The molecular formula is C22H21F3N4O3. The molecule has 0 atom stereocenters. The van der Waals surface area contributed by atoms with Crippen molar-refractivity contribution >= 4 is 22.6 Å². The number of alkyl halides is 3. The highest BCUT2D eigenvalue weighted by Crippen LogP contribution is 2.32. The van der Waals surface area contributed by atoms with Gasteiger partial charge in [-0.3, -0.25) is 4.79 Å². The Morgan fingerprint density at radius 3 is 2.69 bits per heavy atom. The van der Waals surface area contributed by atoms with E-state index in [-0.39, 0.29) is 18.0 Å². The lowest BCUT2D eigenvalue weighted by Crippen LogP contribution is -2.29. The monoisotopic (exact) mass is 446 g/mol. The van der Waals surface area contributed by atoms with Crippen LogP contribution in [-0.4, -0.2) is 22.6 Å². The fraction of sp³-hybridized carbons (Fsp3) is 0.318. The second-order valence-electron chi connectivity index (χ2n) is 7.66. The molecule has 1 aliphatic carbocycles. The molecule has 0 aliphatic heterocycles. The third-order valence-electron chi connectivity index (χ3n) is 5.36. The molecule has 1 aromatic carbocycles. The number of hydrogen-bond donors (Lipinski definition) is 3. The maximum Gasteiger partial charge on any atom is 0.433 e. The molecular weight excluding hydrogens is 425 g/mol. The minimum atomic E-state index is -4.59. The number of pyridine rings is 2. The molecule has 0 radical (unpaired) electrons. The predicted octanol–water partition coefficient (Wildman–Crippen LogP) is 4.44. The molecule has 7 nitrogen and oxygen atoms in total. The number of H-pyrrole nitrogens is 1. The van der Waals surface area contributed by atoms with Crippen LogP contribution >= 0.6 is 0 Å². The van der Waals surface area contributed by atoms with E-state index in [2.05, 4.69) is 20.6 Å². The van der Waals surface area contributed by atoms with Crippen molar-refractivity contribution in [1.29, 1.82) is 0 Å². The molecule has 2 amide bonds. The van der Waals surface area contributed by atoms with Crippen molar-refractivity contribution in [3.63, 3.8) is 0 Å². The molecule has 0 spiro atoms. The number of carbonyl (C=O) groups excluding carboxylic acids is 1. The first-order valence-electron chi connectivity index (χ1n) is 10.2. The number of ether oxygens (including phenoxy) is 1. The van der Waals surface area contributed by atoms with Crippen LogP contribution in [0.1, 0.15) is 30.5 Å². The van der Waals surface area contributed by atoms with Gasteiger partial charge in [-0.15, -0.1) is 0 Å². The van der Waals surface area contributed by atoms with E-state index >= 15 is 0 Å². The number of fused-ring (bicyclic) bond motifs is 1. The predicted molar refractivity (Wildman–Crippen MR) is 113 cm³/mol. The molecule has 3 aromatic rings. The Balaban J connectivity index is 1.46. The van der Waals surface area contributed by atoms with Crippen LogP contribution in [0.4, 0.5) is 23.7 Å². The van der Waals surface area contributed by atoms with Gasteiger partial charge in [0.2, 0.25) is 11.4 Å². The number of halogens is 3. The van der Waals surface area contributed by atoms with Crippen LogP contribution in [0, 0.1) is 5.92 Å². The SMILES string of the molecule is O=C(NCc1ccc(C(F)(F)F)nc1OCC1CCC1)Nc1cccc2[nH]c(=O)ccc12. The van der Waals surface area contributed by atoms with Crippen LogP contribution in [0.5, 0.6) is 5.88 Å². The molecule has 2 aromatic heterocycles. The Morgan fingerprint density at radius 1 is 1.16 bits per heavy atom. The lowest BCUT2D eigenvalue weighted by Gasteiger charge is -2.25. The Kier molecular flexibility index (Phi) is 6.02. The van der Waals surface area contributed by atoms with Gasteiger partial charge in [0.1, 0.15) is 5.69 Å². The first-order chi connectivity index (χ1) is 15.3. The van der Waals surface area contributed by atoms with Crippen molar-refractivity contribution in [2.75, 3.05) is 11.9 Å². The number of amides is 2. The average molecular weight is 446 g/mol. The van der Waals surface area contributed by atoms with Crippen LogP contribution in [0.2, 0.25) is 0 Å². The highest BCUT2D eigenvalue weighted by molar-refractivity contribution is 6.00. The number of carbonyl (C=O) groups is 1. The third kappa shape index (κ3) is 5.01. The number of urea groups is 1. The molecule has 0 saturated heterocycles. The summed E-state index contributed by atoms with van der Waals surface area (Å²) in [6.45, 7) is 0.223. The number of benzene rings is 1. The Hall–Kier alpha value is -3.56. The largest absolute Gasteiger partial charge is 0.477 e. The van der Waals surface area contributed by atoms with Crippen LogP contribution in [0.3, 0.4) is 0 Å². The fourth-order valence-corrected chi connectivity index (χ4v) is 3.38. The molecule has 10 heteroatoms. The van der Waals surface area contributed by atoms with Gasteiger partial charge >= 0.3 is 12.2 Å². The van der Waals surface area contributed by atoms with Gasteiger partial charge in [-0.05, 0) is 49.1 Å². The summed E-state index contributed by atoms with van der Waals surface area (Å²) in [5.41, 5.74) is 0.0780. The Labute approximate surface area is 181 Å². The summed E-state index contributed by atoms with van der Waals surface area (Å²) >= 11 is 0. The summed E-state index contributed by atoms with van der Waals surface area (Å²) in [5, 5.41) is 5.94. The van der Waals surface area contributed by atoms with Crippen LogP contribution in [0.15, 0.2) is 47.3 Å². The van der Waals surface area contributed by atoms with E-state index in [1.165, 1.54) is 12.1 Å². The van der Waals surface area contributed by atoms with E-state index in [1.807, 2.05) is 0 Å². The van der Waals surface area contributed by atoms with E-state index in [9.17, 15) is 22.8 Å². The summed E-state index contributed by atoms with van der Waals surface area (Å²) in [6.07, 6.45) is -1.55. The zero-order chi connectivity index (χ0) is 22.7. The van der Waals surface area contributed by atoms with Crippen molar-refractivity contribution in [3.05, 3.63) is 64.1 Å². The number of anilines is 1. The summed E-state index contributed by atoms with van der Waals surface area (Å²) in [6, 6.07) is 9.57.